The van der Waals surface area contributed by atoms with Crippen molar-refractivity contribution in [2.45, 2.75) is 53.6 Å². The van der Waals surface area contributed by atoms with Crippen LogP contribution in [0.15, 0.2) is 11.1 Å². The minimum Gasteiger partial charge on any atom is -0.393 e. The molecule has 0 aromatic carbocycles. The highest BCUT2D eigenvalue weighted by atomic mass is 16.3. The van der Waals surface area contributed by atoms with E-state index >= 15 is 0 Å². The summed E-state index contributed by atoms with van der Waals surface area (Å²) in [6, 6.07) is 0. The van der Waals surface area contributed by atoms with E-state index < -0.39 is 0 Å². The maximum atomic E-state index is 10.1. The molecular formula is C13H24O. The lowest BCUT2D eigenvalue weighted by molar-refractivity contribution is 0.0351. The predicted molar refractivity (Wildman–Crippen MR) is 61.1 cm³/mol. The SMILES string of the molecule is CC1=C(C)CC(C(O)C(C)C)C(C)C1. The summed E-state index contributed by atoms with van der Waals surface area (Å²) in [6.45, 7) is 10.9. The summed E-state index contributed by atoms with van der Waals surface area (Å²) in [6.07, 6.45) is 2.13. The van der Waals surface area contributed by atoms with Crippen molar-refractivity contribution in [3.05, 3.63) is 11.1 Å². The van der Waals surface area contributed by atoms with Crippen molar-refractivity contribution in [3.63, 3.8) is 0 Å². The third kappa shape index (κ3) is 2.38. The lowest BCUT2D eigenvalue weighted by Crippen LogP contribution is -2.33. The van der Waals surface area contributed by atoms with Crippen molar-refractivity contribution in [3.8, 4) is 0 Å². The molecule has 0 aromatic rings. The molecule has 1 rings (SSSR count). The first kappa shape index (κ1) is 11.8. The molecule has 1 aliphatic carbocycles. The van der Waals surface area contributed by atoms with Crippen LogP contribution in [0.3, 0.4) is 0 Å². The highest BCUT2D eigenvalue weighted by molar-refractivity contribution is 5.15. The number of hydrogen-bond acceptors (Lipinski definition) is 1. The van der Waals surface area contributed by atoms with Gasteiger partial charge in [-0.25, -0.2) is 0 Å². The van der Waals surface area contributed by atoms with Gasteiger partial charge in [-0.1, -0.05) is 31.9 Å². The van der Waals surface area contributed by atoms with Crippen molar-refractivity contribution in [1.82, 2.24) is 0 Å². The molecule has 14 heavy (non-hydrogen) atoms. The second kappa shape index (κ2) is 4.48. The first-order valence-corrected chi connectivity index (χ1v) is 5.76. The zero-order valence-corrected chi connectivity index (χ0v) is 10.2. The van der Waals surface area contributed by atoms with E-state index in [-0.39, 0.29) is 6.10 Å². The summed E-state index contributed by atoms with van der Waals surface area (Å²) in [7, 11) is 0. The summed E-state index contributed by atoms with van der Waals surface area (Å²) >= 11 is 0. The summed E-state index contributed by atoms with van der Waals surface area (Å²) < 4.78 is 0. The Bertz CT molecular complexity index is 227. The molecule has 0 fully saturated rings. The molecule has 0 aromatic heterocycles. The highest BCUT2D eigenvalue weighted by Crippen LogP contribution is 2.37. The number of allylic oxidation sites excluding steroid dienone is 2. The predicted octanol–water partition coefficient (Wildman–Crippen LogP) is 3.39. The zero-order valence-electron chi connectivity index (χ0n) is 10.2. The van der Waals surface area contributed by atoms with Crippen LogP contribution in [-0.4, -0.2) is 11.2 Å². The van der Waals surface area contributed by atoms with Crippen LogP contribution in [0.5, 0.6) is 0 Å². The van der Waals surface area contributed by atoms with Crippen molar-refractivity contribution < 1.29 is 5.11 Å². The van der Waals surface area contributed by atoms with Crippen LogP contribution in [0.4, 0.5) is 0 Å². The van der Waals surface area contributed by atoms with Crippen LogP contribution in [0.2, 0.25) is 0 Å². The third-order valence-electron chi connectivity index (χ3n) is 3.75. The molecule has 0 spiro atoms. The highest BCUT2D eigenvalue weighted by Gasteiger charge is 2.30. The van der Waals surface area contributed by atoms with Gasteiger partial charge in [0.05, 0.1) is 6.10 Å². The lowest BCUT2D eigenvalue weighted by atomic mass is 9.73. The Labute approximate surface area is 88.2 Å². The molecule has 1 N–H and O–H groups in total. The van der Waals surface area contributed by atoms with Crippen molar-refractivity contribution in [2.75, 3.05) is 0 Å². The van der Waals surface area contributed by atoms with Gasteiger partial charge in [0.25, 0.3) is 0 Å². The van der Waals surface area contributed by atoms with Crippen LogP contribution in [0.25, 0.3) is 0 Å². The molecule has 82 valence electrons. The average Bonchev–Trinajstić information content (AvgIpc) is 2.10. The number of rotatable bonds is 2. The quantitative estimate of drug-likeness (QED) is 0.671. The molecule has 0 bridgehead atoms. The molecule has 1 aliphatic rings. The second-order valence-electron chi connectivity index (χ2n) is 5.34. The van der Waals surface area contributed by atoms with Gasteiger partial charge in [0, 0.05) is 0 Å². The monoisotopic (exact) mass is 196 g/mol. The van der Waals surface area contributed by atoms with Gasteiger partial charge in [-0.05, 0) is 44.4 Å². The van der Waals surface area contributed by atoms with Crippen LogP contribution in [-0.2, 0) is 0 Å². The second-order valence-corrected chi connectivity index (χ2v) is 5.34. The Hall–Kier alpha value is -0.300. The molecule has 0 radical (unpaired) electrons. The van der Waals surface area contributed by atoms with E-state index in [2.05, 4.69) is 34.6 Å². The van der Waals surface area contributed by atoms with Crippen LogP contribution < -0.4 is 0 Å². The number of aliphatic hydroxyl groups is 1. The van der Waals surface area contributed by atoms with E-state index in [0.29, 0.717) is 17.8 Å². The van der Waals surface area contributed by atoms with Gasteiger partial charge in [-0.3, -0.25) is 0 Å². The van der Waals surface area contributed by atoms with Crippen LogP contribution in [0.1, 0.15) is 47.5 Å². The van der Waals surface area contributed by atoms with E-state index in [0.717, 1.165) is 6.42 Å². The van der Waals surface area contributed by atoms with Gasteiger partial charge >= 0.3 is 0 Å². The Morgan fingerprint density at radius 1 is 1.14 bits per heavy atom. The third-order valence-corrected chi connectivity index (χ3v) is 3.75. The fourth-order valence-electron chi connectivity index (χ4n) is 2.49. The smallest absolute Gasteiger partial charge is 0.0596 e. The van der Waals surface area contributed by atoms with Gasteiger partial charge in [-0.2, -0.15) is 0 Å². The minimum absolute atomic E-state index is 0.131. The molecular weight excluding hydrogens is 172 g/mol. The fraction of sp³-hybridized carbons (Fsp3) is 0.846. The number of hydrogen-bond donors (Lipinski definition) is 1. The molecule has 3 unspecified atom stereocenters. The summed E-state index contributed by atoms with van der Waals surface area (Å²) in [5, 5.41) is 10.1. The summed E-state index contributed by atoms with van der Waals surface area (Å²) in [5.74, 6) is 1.49. The first-order valence-electron chi connectivity index (χ1n) is 5.76. The largest absolute Gasteiger partial charge is 0.393 e. The molecule has 0 aliphatic heterocycles. The van der Waals surface area contributed by atoms with E-state index in [1.807, 2.05) is 0 Å². The van der Waals surface area contributed by atoms with E-state index in [9.17, 15) is 5.11 Å². The van der Waals surface area contributed by atoms with Crippen molar-refractivity contribution in [1.29, 1.82) is 0 Å². The molecule has 0 heterocycles. The maximum Gasteiger partial charge on any atom is 0.0596 e. The zero-order chi connectivity index (χ0) is 10.9. The first-order chi connectivity index (χ1) is 6.43. The van der Waals surface area contributed by atoms with Gasteiger partial charge < -0.3 is 5.11 Å². The Morgan fingerprint density at radius 3 is 2.14 bits per heavy atom. The Kier molecular flexibility index (Phi) is 3.77. The summed E-state index contributed by atoms with van der Waals surface area (Å²) in [4.78, 5) is 0. The van der Waals surface area contributed by atoms with Gasteiger partial charge in [0.2, 0.25) is 0 Å². The standard InChI is InChI=1S/C13H24O/c1-8(2)13(14)12-7-10(4)9(3)6-11(12)5/h8,11-14H,6-7H2,1-5H3. The Balaban J connectivity index is 2.73. The fourth-order valence-corrected chi connectivity index (χ4v) is 2.49. The van der Waals surface area contributed by atoms with Gasteiger partial charge in [-0.15, -0.1) is 0 Å². The van der Waals surface area contributed by atoms with Crippen molar-refractivity contribution >= 4 is 0 Å². The van der Waals surface area contributed by atoms with Crippen molar-refractivity contribution in [2.24, 2.45) is 17.8 Å². The molecule has 3 atom stereocenters. The molecule has 0 amide bonds. The van der Waals surface area contributed by atoms with E-state index in [1.165, 1.54) is 17.6 Å². The summed E-state index contributed by atoms with van der Waals surface area (Å²) in [5.41, 5.74) is 3.03. The van der Waals surface area contributed by atoms with E-state index in [4.69, 9.17) is 0 Å². The minimum atomic E-state index is -0.131. The number of aliphatic hydroxyl groups excluding tert-OH is 1. The van der Waals surface area contributed by atoms with E-state index in [1.54, 1.807) is 0 Å². The molecule has 1 heteroatoms. The van der Waals surface area contributed by atoms with Gasteiger partial charge in [0.1, 0.15) is 0 Å². The van der Waals surface area contributed by atoms with Gasteiger partial charge in [0.15, 0.2) is 0 Å². The lowest BCUT2D eigenvalue weighted by Gasteiger charge is -2.35. The maximum absolute atomic E-state index is 10.1. The van der Waals surface area contributed by atoms with Crippen LogP contribution >= 0.6 is 0 Å². The molecule has 0 saturated carbocycles. The topological polar surface area (TPSA) is 20.2 Å². The Morgan fingerprint density at radius 2 is 1.64 bits per heavy atom. The van der Waals surface area contributed by atoms with Crippen LogP contribution in [0, 0.1) is 17.8 Å². The molecule has 1 nitrogen and oxygen atoms in total. The molecule has 0 saturated heterocycles. The average molecular weight is 196 g/mol. The normalized spacial score (nSPS) is 31.1.